The molecule has 1 unspecified atom stereocenters. The maximum atomic E-state index is 13.6. The first-order chi connectivity index (χ1) is 17.1. The summed E-state index contributed by atoms with van der Waals surface area (Å²) in [6.07, 6.45) is -2.56. The van der Waals surface area contributed by atoms with E-state index in [1.807, 2.05) is 0 Å². The first-order valence-electron chi connectivity index (χ1n) is 11.0. The van der Waals surface area contributed by atoms with Crippen LogP contribution in [-0.4, -0.2) is 68.3 Å². The highest BCUT2D eigenvalue weighted by Crippen LogP contribution is 2.48. The van der Waals surface area contributed by atoms with Gasteiger partial charge >= 0.3 is 13.7 Å². The molecule has 1 fully saturated rings. The van der Waals surface area contributed by atoms with Gasteiger partial charge in [-0.1, -0.05) is 18.2 Å². The second kappa shape index (κ2) is 10.1. The van der Waals surface area contributed by atoms with Gasteiger partial charge in [0.1, 0.15) is 47.5 Å². The van der Waals surface area contributed by atoms with Gasteiger partial charge in [0.05, 0.1) is 19.4 Å². The molecule has 0 aliphatic carbocycles. The molecule has 0 spiro atoms. The minimum atomic E-state index is -4.20. The van der Waals surface area contributed by atoms with Crippen LogP contribution in [0, 0.1) is 0 Å². The fourth-order valence-corrected chi connectivity index (χ4v) is 5.47. The van der Waals surface area contributed by atoms with Crippen LogP contribution in [0.25, 0.3) is 5.52 Å². The van der Waals surface area contributed by atoms with E-state index in [2.05, 4.69) is 19.9 Å². The molecule has 1 saturated heterocycles. The van der Waals surface area contributed by atoms with Crippen LogP contribution in [0.15, 0.2) is 48.8 Å². The van der Waals surface area contributed by atoms with E-state index in [0.717, 1.165) is 0 Å². The number of rotatable bonds is 9. The number of ether oxygens (including phenoxy) is 2. The normalized spacial score (nSPS) is 26.4. The highest BCUT2D eigenvalue weighted by molar-refractivity contribution is 7.52. The van der Waals surface area contributed by atoms with Crippen LogP contribution in [0.4, 0.5) is 5.82 Å². The zero-order valence-electron chi connectivity index (χ0n) is 19.8. The number of fused-ring (bicyclic) bond motifs is 1. The minimum absolute atomic E-state index is 0.221. The molecule has 0 amide bonds. The van der Waals surface area contributed by atoms with Gasteiger partial charge in [0.25, 0.3) is 0 Å². The number of nitrogens with zero attached hydrogens (tertiary/aromatic N) is 3. The van der Waals surface area contributed by atoms with Gasteiger partial charge in [-0.25, -0.2) is 14.1 Å². The van der Waals surface area contributed by atoms with Crippen LogP contribution >= 0.6 is 7.75 Å². The van der Waals surface area contributed by atoms with Gasteiger partial charge in [-0.15, -0.1) is 0 Å². The molecule has 3 aromatic rings. The molecule has 2 aromatic heterocycles. The summed E-state index contributed by atoms with van der Waals surface area (Å²) in [5.74, 6) is -0.228. The number of hydrogen-bond acceptors (Lipinski definition) is 11. The zero-order valence-corrected chi connectivity index (χ0v) is 20.7. The molecule has 6 atom stereocenters. The molecule has 5 N–H and O–H groups in total. The van der Waals surface area contributed by atoms with E-state index < -0.39 is 50.3 Å². The lowest BCUT2D eigenvalue weighted by molar-refractivity contribution is -0.142. The van der Waals surface area contributed by atoms with Crippen molar-refractivity contribution in [3.05, 3.63) is 54.5 Å². The first kappa shape index (κ1) is 26.0. The number of benzene rings is 1. The molecule has 1 aliphatic rings. The monoisotopic (exact) mass is 521 g/mol. The quantitative estimate of drug-likeness (QED) is 0.234. The fraction of sp³-hybridized carbons (Fsp3) is 0.409. The summed E-state index contributed by atoms with van der Waals surface area (Å²) in [5.41, 5.74) is 5.30. The molecule has 0 saturated carbocycles. The largest absolute Gasteiger partial charge is 0.468 e. The van der Waals surface area contributed by atoms with E-state index in [1.54, 1.807) is 42.5 Å². The van der Waals surface area contributed by atoms with Gasteiger partial charge in [0, 0.05) is 0 Å². The van der Waals surface area contributed by atoms with Crippen molar-refractivity contribution in [3.8, 4) is 5.75 Å². The van der Waals surface area contributed by atoms with Gasteiger partial charge in [-0.3, -0.25) is 9.32 Å². The minimum Gasteiger partial charge on any atom is -0.468 e. The van der Waals surface area contributed by atoms with Crippen molar-refractivity contribution in [1.82, 2.24) is 19.7 Å². The Kier molecular flexibility index (Phi) is 7.32. The van der Waals surface area contributed by atoms with Gasteiger partial charge < -0.3 is 29.9 Å². The van der Waals surface area contributed by atoms with Crippen LogP contribution in [0.5, 0.6) is 5.75 Å². The number of aromatic nitrogens is 3. The van der Waals surface area contributed by atoms with Gasteiger partial charge in [-0.2, -0.15) is 10.2 Å². The van der Waals surface area contributed by atoms with Crippen LogP contribution in [0.1, 0.15) is 25.6 Å². The molecule has 1 aliphatic heterocycles. The van der Waals surface area contributed by atoms with Crippen LogP contribution < -0.4 is 15.3 Å². The maximum absolute atomic E-state index is 13.6. The number of nitrogens with two attached hydrogens (primary N) is 1. The number of para-hydroxylation sites is 1. The Morgan fingerprint density at radius 3 is 2.72 bits per heavy atom. The summed E-state index contributed by atoms with van der Waals surface area (Å²) in [4.78, 5) is 15.9. The standard InChI is InChI=1S/C22H28N5O8P/c1-13(21(30)32-3)26-36(31,35-14-7-5-4-6-8-14)33-11-22(2)19(29)17(28)18(34-22)15-9-10-16-20(23)24-12-25-27(15)16/h4-10,12-13,17-19,28-29H,11H2,1-3H3,(H,26,31)(H2,23,24,25)/t13-,17-,18-,19-,22+,36?/m0/s1. The number of nitrogen functional groups attached to an aromatic ring is 1. The predicted octanol–water partition coefficient (Wildman–Crippen LogP) is 1.22. The van der Waals surface area contributed by atoms with E-state index in [4.69, 9.17) is 19.5 Å². The first-order valence-corrected chi connectivity index (χ1v) is 12.6. The summed E-state index contributed by atoms with van der Waals surface area (Å²) in [6, 6.07) is 10.5. The highest BCUT2D eigenvalue weighted by Gasteiger charge is 2.53. The number of esters is 1. The second-order valence-corrected chi connectivity index (χ2v) is 10.2. The fourth-order valence-electron chi connectivity index (χ4n) is 3.89. The average Bonchev–Trinajstić information content (AvgIpc) is 3.39. The number of aliphatic hydroxyl groups is 2. The molecular formula is C22H28N5O8P. The zero-order chi connectivity index (χ0) is 26.1. The lowest BCUT2D eigenvalue weighted by Gasteiger charge is -2.30. The van der Waals surface area contributed by atoms with Crippen molar-refractivity contribution >= 4 is 25.1 Å². The van der Waals surface area contributed by atoms with Crippen molar-refractivity contribution < 1.29 is 38.1 Å². The van der Waals surface area contributed by atoms with Crippen molar-refractivity contribution in [1.29, 1.82) is 0 Å². The summed E-state index contributed by atoms with van der Waals surface area (Å²) < 4.78 is 37.0. The maximum Gasteiger partial charge on any atom is 0.459 e. The van der Waals surface area contributed by atoms with Gasteiger partial charge in [-0.05, 0) is 38.1 Å². The third-order valence-electron chi connectivity index (χ3n) is 5.85. The van der Waals surface area contributed by atoms with Crippen molar-refractivity contribution in [2.45, 2.75) is 43.8 Å². The molecule has 4 rings (SSSR count). The number of hydrogen-bond donors (Lipinski definition) is 4. The number of methoxy groups -OCH3 is 1. The lowest BCUT2D eigenvalue weighted by atomic mass is 9.97. The predicted molar refractivity (Wildman–Crippen MR) is 127 cm³/mol. The number of carbonyl (C=O) groups excluding carboxylic acids is 1. The summed E-state index contributed by atoms with van der Waals surface area (Å²) in [6.45, 7) is 2.47. The highest BCUT2D eigenvalue weighted by atomic mass is 31.2. The summed E-state index contributed by atoms with van der Waals surface area (Å²) in [5, 5.41) is 28.4. The number of anilines is 1. The number of carbonyl (C=O) groups is 1. The van der Waals surface area contributed by atoms with Crippen LogP contribution in [-0.2, 0) is 23.4 Å². The Hall–Kier alpha value is -3.06. The summed E-state index contributed by atoms with van der Waals surface area (Å²) >= 11 is 0. The van der Waals surface area contributed by atoms with Gasteiger partial charge in [0.2, 0.25) is 0 Å². The Morgan fingerprint density at radius 1 is 1.31 bits per heavy atom. The molecule has 0 bridgehead atoms. The van der Waals surface area contributed by atoms with E-state index >= 15 is 0 Å². The molecule has 0 radical (unpaired) electrons. The molecule has 13 nitrogen and oxygen atoms in total. The van der Waals surface area contributed by atoms with Crippen molar-refractivity contribution in [2.75, 3.05) is 19.5 Å². The Morgan fingerprint density at radius 2 is 2.03 bits per heavy atom. The Labute approximate surface area is 206 Å². The molecule has 1 aromatic carbocycles. The third kappa shape index (κ3) is 5.07. The van der Waals surface area contributed by atoms with Crippen molar-refractivity contribution in [3.63, 3.8) is 0 Å². The lowest BCUT2D eigenvalue weighted by Crippen LogP contribution is -2.45. The molecule has 36 heavy (non-hydrogen) atoms. The topological polar surface area (TPSA) is 180 Å². The Bertz CT molecular complexity index is 1270. The molecule has 14 heteroatoms. The molecular weight excluding hydrogens is 493 g/mol. The smallest absolute Gasteiger partial charge is 0.459 e. The van der Waals surface area contributed by atoms with E-state index in [9.17, 15) is 19.6 Å². The second-order valence-electron chi connectivity index (χ2n) is 8.54. The van der Waals surface area contributed by atoms with Crippen LogP contribution in [0.2, 0.25) is 0 Å². The van der Waals surface area contributed by atoms with E-state index in [0.29, 0.717) is 11.2 Å². The number of nitrogens with one attached hydrogen (secondary N) is 1. The molecule has 194 valence electrons. The van der Waals surface area contributed by atoms with Crippen LogP contribution in [0.3, 0.4) is 0 Å². The van der Waals surface area contributed by atoms with Gasteiger partial charge in [0.15, 0.2) is 5.82 Å². The SMILES string of the molecule is COC(=O)[C@H](C)NP(=O)(OC[C@@]1(C)O[C@@H](c2ccc3c(N)ncnn23)[C@H](O)[C@@H]1O)Oc1ccccc1. The third-order valence-corrected chi connectivity index (χ3v) is 7.48. The number of aliphatic hydroxyl groups excluding tert-OH is 2. The van der Waals surface area contributed by atoms with E-state index in [-0.39, 0.29) is 11.6 Å². The molecule has 3 heterocycles. The Balaban J connectivity index is 1.56. The average molecular weight is 521 g/mol. The summed E-state index contributed by atoms with van der Waals surface area (Å²) in [7, 11) is -3.00. The van der Waals surface area contributed by atoms with E-state index in [1.165, 1.54) is 31.8 Å². The van der Waals surface area contributed by atoms with Crippen molar-refractivity contribution in [2.24, 2.45) is 0 Å².